The summed E-state index contributed by atoms with van der Waals surface area (Å²) >= 11 is 14.1. The first-order chi connectivity index (χ1) is 11.6. The van der Waals surface area contributed by atoms with Gasteiger partial charge in [-0.3, -0.25) is 4.79 Å². The zero-order valence-corrected chi connectivity index (χ0v) is 15.7. The summed E-state index contributed by atoms with van der Waals surface area (Å²) in [6, 6.07) is 15.5. The minimum atomic E-state index is -0.113. The number of benzene rings is 2. The number of hydrogen-bond donors (Lipinski definition) is 0. The maximum absolute atomic E-state index is 13.2. The smallest absolute Gasteiger partial charge is 0.231 e. The maximum atomic E-state index is 13.2. The summed E-state index contributed by atoms with van der Waals surface area (Å²) in [5, 5.41) is 1.19. The second-order valence-corrected chi connectivity index (χ2v) is 7.82. The lowest BCUT2D eigenvalue weighted by Crippen LogP contribution is -2.34. The standard InChI is InChI=1S/C19H19Cl2NOS/c1-2-15(13-6-4-3-5-7-13)18(23)22-10-11-24-19(22)16-9-8-14(20)12-17(16)21/h3-9,12,15,19H,2,10-11H2,1H3/t15-,19+/m0/s1. The van der Waals surface area contributed by atoms with E-state index in [0.717, 1.165) is 29.8 Å². The second-order valence-electron chi connectivity index (χ2n) is 5.79. The number of halogens is 2. The third kappa shape index (κ3) is 3.58. The fraction of sp³-hybridized carbons (Fsp3) is 0.316. The Morgan fingerprint density at radius 3 is 2.67 bits per heavy atom. The minimum absolute atomic E-state index is 0.0416. The Morgan fingerprint density at radius 2 is 2.00 bits per heavy atom. The summed E-state index contributed by atoms with van der Waals surface area (Å²) in [5.74, 6) is 0.976. The highest BCUT2D eigenvalue weighted by Crippen LogP contribution is 2.43. The van der Waals surface area contributed by atoms with E-state index in [4.69, 9.17) is 23.2 Å². The van der Waals surface area contributed by atoms with Crippen LogP contribution < -0.4 is 0 Å². The highest BCUT2D eigenvalue weighted by Gasteiger charge is 2.35. The largest absolute Gasteiger partial charge is 0.325 e. The van der Waals surface area contributed by atoms with Gasteiger partial charge in [-0.2, -0.15) is 0 Å². The normalized spacial score (nSPS) is 18.6. The van der Waals surface area contributed by atoms with Crippen LogP contribution in [0, 0.1) is 0 Å². The van der Waals surface area contributed by atoms with Crippen molar-refractivity contribution in [3.63, 3.8) is 0 Å². The van der Waals surface area contributed by atoms with Gasteiger partial charge in [0.2, 0.25) is 5.91 Å². The SMILES string of the molecule is CC[C@H](C(=O)N1CCS[C@@H]1c1ccc(Cl)cc1Cl)c1ccccc1. The van der Waals surface area contributed by atoms with Crippen molar-refractivity contribution in [1.29, 1.82) is 0 Å². The van der Waals surface area contributed by atoms with E-state index in [1.165, 1.54) is 0 Å². The number of amides is 1. The summed E-state index contributed by atoms with van der Waals surface area (Å²) in [5.41, 5.74) is 2.03. The first-order valence-corrected chi connectivity index (χ1v) is 9.84. The third-order valence-corrected chi connectivity index (χ3v) is 6.12. The predicted molar refractivity (Wildman–Crippen MR) is 103 cm³/mol. The molecule has 0 saturated carbocycles. The molecule has 126 valence electrons. The van der Waals surface area contributed by atoms with Gasteiger partial charge in [-0.1, -0.05) is 66.5 Å². The lowest BCUT2D eigenvalue weighted by molar-refractivity contribution is -0.133. The summed E-state index contributed by atoms with van der Waals surface area (Å²) in [4.78, 5) is 15.1. The fourth-order valence-electron chi connectivity index (χ4n) is 3.09. The van der Waals surface area contributed by atoms with Crippen LogP contribution in [0.25, 0.3) is 0 Å². The Labute approximate surface area is 157 Å². The van der Waals surface area contributed by atoms with Crippen molar-refractivity contribution in [3.8, 4) is 0 Å². The Hall–Kier alpha value is -1.16. The highest BCUT2D eigenvalue weighted by molar-refractivity contribution is 7.99. The third-order valence-electron chi connectivity index (χ3n) is 4.31. The molecule has 1 heterocycles. The van der Waals surface area contributed by atoms with Crippen LogP contribution >= 0.6 is 35.0 Å². The molecule has 2 nitrogen and oxygen atoms in total. The summed E-state index contributed by atoms with van der Waals surface area (Å²) < 4.78 is 0. The molecule has 0 aliphatic carbocycles. The van der Waals surface area contributed by atoms with Gasteiger partial charge in [-0.25, -0.2) is 0 Å². The quantitative estimate of drug-likeness (QED) is 0.672. The first kappa shape index (κ1) is 17.7. The van der Waals surface area contributed by atoms with Crippen LogP contribution in [0.1, 0.15) is 35.8 Å². The van der Waals surface area contributed by atoms with Gasteiger partial charge in [0.15, 0.2) is 0 Å². The molecule has 0 aromatic heterocycles. The van der Waals surface area contributed by atoms with Crippen LogP contribution in [0.5, 0.6) is 0 Å². The van der Waals surface area contributed by atoms with Crippen molar-refractivity contribution >= 4 is 40.9 Å². The molecular formula is C19H19Cl2NOS. The van der Waals surface area contributed by atoms with Crippen LogP contribution in [-0.2, 0) is 4.79 Å². The Kier molecular flexibility index (Phi) is 5.75. The number of nitrogens with zero attached hydrogens (tertiary/aromatic N) is 1. The average Bonchev–Trinajstić information content (AvgIpc) is 3.06. The van der Waals surface area contributed by atoms with Crippen LogP contribution in [-0.4, -0.2) is 23.1 Å². The molecule has 0 radical (unpaired) electrons. The lowest BCUT2D eigenvalue weighted by Gasteiger charge is -2.28. The molecule has 2 aromatic carbocycles. The number of rotatable bonds is 4. The van der Waals surface area contributed by atoms with Crippen LogP contribution in [0.15, 0.2) is 48.5 Å². The molecule has 1 fully saturated rings. The number of hydrogen-bond acceptors (Lipinski definition) is 2. The Morgan fingerprint density at radius 1 is 1.25 bits per heavy atom. The number of carbonyl (C=O) groups is 1. The van der Waals surface area contributed by atoms with Crippen molar-refractivity contribution in [2.24, 2.45) is 0 Å². The van der Waals surface area contributed by atoms with Crippen molar-refractivity contribution in [1.82, 2.24) is 4.90 Å². The molecule has 1 amide bonds. The average molecular weight is 380 g/mol. The topological polar surface area (TPSA) is 20.3 Å². The van der Waals surface area contributed by atoms with Crippen LogP contribution in [0.3, 0.4) is 0 Å². The molecule has 5 heteroatoms. The molecule has 1 saturated heterocycles. The summed E-state index contributed by atoms with van der Waals surface area (Å²) in [6.07, 6.45) is 0.783. The minimum Gasteiger partial charge on any atom is -0.325 e. The monoisotopic (exact) mass is 379 g/mol. The van der Waals surface area contributed by atoms with Gasteiger partial charge in [0.25, 0.3) is 0 Å². The molecule has 2 atom stereocenters. The molecule has 3 rings (SSSR count). The lowest BCUT2D eigenvalue weighted by atomic mass is 9.95. The summed E-state index contributed by atoms with van der Waals surface area (Å²) in [6.45, 7) is 2.81. The molecule has 0 unspecified atom stereocenters. The molecule has 24 heavy (non-hydrogen) atoms. The van der Waals surface area contributed by atoms with E-state index in [9.17, 15) is 4.79 Å². The van der Waals surface area contributed by atoms with Gasteiger partial charge in [-0.15, -0.1) is 11.8 Å². The first-order valence-electron chi connectivity index (χ1n) is 8.03. The van der Waals surface area contributed by atoms with E-state index in [2.05, 4.69) is 6.92 Å². The molecule has 0 spiro atoms. The van der Waals surface area contributed by atoms with E-state index in [1.54, 1.807) is 17.8 Å². The zero-order chi connectivity index (χ0) is 17.1. The van der Waals surface area contributed by atoms with Gasteiger partial charge in [0.1, 0.15) is 5.37 Å². The van der Waals surface area contributed by atoms with Crippen LogP contribution in [0.2, 0.25) is 10.0 Å². The second kappa shape index (κ2) is 7.81. The van der Waals surface area contributed by atoms with Crippen molar-refractivity contribution < 1.29 is 4.79 Å². The van der Waals surface area contributed by atoms with Crippen LogP contribution in [0.4, 0.5) is 0 Å². The Bertz CT molecular complexity index is 723. The van der Waals surface area contributed by atoms with E-state index >= 15 is 0 Å². The van der Waals surface area contributed by atoms with Crippen molar-refractivity contribution in [2.45, 2.75) is 24.6 Å². The fourth-order valence-corrected chi connectivity index (χ4v) is 4.97. The molecule has 0 N–H and O–H groups in total. The van der Waals surface area contributed by atoms with Gasteiger partial charge >= 0.3 is 0 Å². The van der Waals surface area contributed by atoms with Gasteiger partial charge in [0.05, 0.1) is 5.92 Å². The Balaban J connectivity index is 1.88. The highest BCUT2D eigenvalue weighted by atomic mass is 35.5. The molecular weight excluding hydrogens is 361 g/mol. The van der Waals surface area contributed by atoms with Gasteiger partial charge < -0.3 is 4.90 Å². The molecule has 0 bridgehead atoms. The predicted octanol–water partition coefficient (Wildman–Crippen LogP) is 5.76. The van der Waals surface area contributed by atoms with E-state index in [0.29, 0.717) is 10.0 Å². The van der Waals surface area contributed by atoms with Crippen molar-refractivity contribution in [3.05, 3.63) is 69.7 Å². The van der Waals surface area contributed by atoms with E-state index < -0.39 is 0 Å². The van der Waals surface area contributed by atoms with E-state index in [-0.39, 0.29) is 17.2 Å². The van der Waals surface area contributed by atoms with Gasteiger partial charge in [0, 0.05) is 27.9 Å². The van der Waals surface area contributed by atoms with Crippen molar-refractivity contribution in [2.75, 3.05) is 12.3 Å². The number of carbonyl (C=O) groups excluding carboxylic acids is 1. The zero-order valence-electron chi connectivity index (χ0n) is 13.4. The molecule has 2 aromatic rings. The summed E-state index contributed by atoms with van der Waals surface area (Å²) in [7, 11) is 0. The maximum Gasteiger partial charge on any atom is 0.231 e. The molecule has 1 aliphatic rings. The number of thioether (sulfide) groups is 1. The van der Waals surface area contributed by atoms with E-state index in [1.807, 2.05) is 47.4 Å². The van der Waals surface area contributed by atoms with Gasteiger partial charge in [-0.05, 0) is 24.1 Å². The molecule has 1 aliphatic heterocycles.